The fraction of sp³-hybridized carbons (Fsp3) is 0.278. The third kappa shape index (κ3) is 3.02. The maximum atomic E-state index is 13.1. The number of aryl methyl sites for hydroxylation is 1. The van der Waals surface area contributed by atoms with Gasteiger partial charge in [0.1, 0.15) is 5.65 Å². The van der Waals surface area contributed by atoms with Crippen molar-refractivity contribution in [3.8, 4) is 0 Å². The van der Waals surface area contributed by atoms with E-state index in [0.29, 0.717) is 25.2 Å². The molecule has 1 saturated heterocycles. The van der Waals surface area contributed by atoms with Gasteiger partial charge in [0.2, 0.25) is 0 Å². The minimum atomic E-state index is -0.556. The molecule has 27 heavy (non-hydrogen) atoms. The minimum absolute atomic E-state index is 0.158. The van der Waals surface area contributed by atoms with E-state index in [2.05, 4.69) is 20.3 Å². The summed E-state index contributed by atoms with van der Waals surface area (Å²) in [6, 6.07) is 5.11. The van der Waals surface area contributed by atoms with Crippen LogP contribution in [0, 0.1) is 0 Å². The first-order chi connectivity index (χ1) is 13.1. The van der Waals surface area contributed by atoms with Gasteiger partial charge in [0.15, 0.2) is 0 Å². The monoisotopic (exact) mass is 366 g/mol. The molecule has 9 nitrogen and oxygen atoms in total. The van der Waals surface area contributed by atoms with E-state index in [9.17, 15) is 14.4 Å². The highest BCUT2D eigenvalue weighted by atomic mass is 16.2. The van der Waals surface area contributed by atoms with E-state index in [4.69, 9.17) is 0 Å². The lowest BCUT2D eigenvalue weighted by Gasteiger charge is -2.36. The van der Waals surface area contributed by atoms with E-state index in [1.165, 1.54) is 23.9 Å². The Balaban J connectivity index is 1.75. The summed E-state index contributed by atoms with van der Waals surface area (Å²) < 4.78 is 1.24. The lowest BCUT2D eigenvalue weighted by molar-refractivity contribution is 0.0633. The number of hydrogen-bond donors (Lipinski definition) is 2. The van der Waals surface area contributed by atoms with Crippen LogP contribution in [0.4, 0.5) is 0 Å². The lowest BCUT2D eigenvalue weighted by Crippen LogP contribution is -2.48. The summed E-state index contributed by atoms with van der Waals surface area (Å²) in [5.74, 6) is -0.215. The molecule has 3 aromatic rings. The molecule has 0 aromatic carbocycles. The normalized spacial score (nSPS) is 17.2. The van der Waals surface area contributed by atoms with Crippen LogP contribution in [0.25, 0.3) is 11.0 Å². The molecule has 3 aromatic heterocycles. The Morgan fingerprint density at radius 3 is 2.93 bits per heavy atom. The van der Waals surface area contributed by atoms with Gasteiger partial charge in [0.25, 0.3) is 11.5 Å². The zero-order valence-corrected chi connectivity index (χ0v) is 14.7. The predicted octanol–water partition coefficient (Wildman–Crippen LogP) is -0.196. The third-order valence-corrected chi connectivity index (χ3v) is 4.77. The van der Waals surface area contributed by atoms with Gasteiger partial charge in [-0.05, 0) is 17.7 Å². The summed E-state index contributed by atoms with van der Waals surface area (Å²) in [6.07, 6.45) is 4.85. The molecule has 0 radical (unpaired) electrons. The van der Waals surface area contributed by atoms with Gasteiger partial charge in [0, 0.05) is 45.3 Å². The standard InChI is InChI=1S/C18H18N6O3/c1-23-15-13(16(25)22-18(23)27)7-12(9-21-15)17(26)24-6-5-20-10-14(24)11-3-2-4-19-8-11/h2-4,7-9,14,20H,5-6,10H2,1H3,(H,22,25,27). The van der Waals surface area contributed by atoms with Gasteiger partial charge < -0.3 is 10.2 Å². The smallest absolute Gasteiger partial charge is 0.329 e. The summed E-state index contributed by atoms with van der Waals surface area (Å²) in [6.45, 7) is 1.83. The van der Waals surface area contributed by atoms with Gasteiger partial charge in [-0.25, -0.2) is 9.78 Å². The van der Waals surface area contributed by atoms with Gasteiger partial charge in [0.05, 0.1) is 17.0 Å². The van der Waals surface area contributed by atoms with Crippen LogP contribution in [0.15, 0.2) is 46.4 Å². The summed E-state index contributed by atoms with van der Waals surface area (Å²) in [4.78, 5) is 49.3. The summed E-state index contributed by atoms with van der Waals surface area (Å²) in [7, 11) is 1.52. The summed E-state index contributed by atoms with van der Waals surface area (Å²) in [5, 5.41) is 3.50. The second-order valence-corrected chi connectivity index (χ2v) is 6.42. The van der Waals surface area contributed by atoms with Crippen LogP contribution in [-0.4, -0.2) is 50.0 Å². The highest BCUT2D eigenvalue weighted by Crippen LogP contribution is 2.23. The zero-order chi connectivity index (χ0) is 19.0. The SMILES string of the molecule is Cn1c(=O)[nH]c(=O)c2cc(C(=O)N3CCNCC3c3cccnc3)cnc21. The van der Waals surface area contributed by atoms with E-state index in [1.54, 1.807) is 17.3 Å². The van der Waals surface area contributed by atoms with Crippen LogP contribution < -0.4 is 16.6 Å². The zero-order valence-electron chi connectivity index (χ0n) is 14.7. The van der Waals surface area contributed by atoms with E-state index in [-0.39, 0.29) is 23.0 Å². The fourth-order valence-electron chi connectivity index (χ4n) is 3.34. The molecule has 1 aliphatic heterocycles. The van der Waals surface area contributed by atoms with Crippen LogP contribution in [0.5, 0.6) is 0 Å². The van der Waals surface area contributed by atoms with Crippen molar-refractivity contribution < 1.29 is 4.79 Å². The average molecular weight is 366 g/mol. The number of piperazine rings is 1. The van der Waals surface area contributed by atoms with Gasteiger partial charge in [-0.15, -0.1) is 0 Å². The number of hydrogen-bond acceptors (Lipinski definition) is 6. The van der Waals surface area contributed by atoms with Gasteiger partial charge in [-0.1, -0.05) is 6.07 Å². The molecule has 1 aliphatic rings. The number of nitrogens with zero attached hydrogens (tertiary/aromatic N) is 4. The molecule has 1 fully saturated rings. The van der Waals surface area contributed by atoms with Crippen LogP contribution >= 0.6 is 0 Å². The Morgan fingerprint density at radius 2 is 2.15 bits per heavy atom. The highest BCUT2D eigenvalue weighted by Gasteiger charge is 2.29. The number of pyridine rings is 2. The molecule has 4 heterocycles. The second kappa shape index (κ2) is 6.76. The Kier molecular flexibility index (Phi) is 4.28. The average Bonchev–Trinajstić information content (AvgIpc) is 2.72. The Bertz CT molecular complexity index is 1120. The van der Waals surface area contributed by atoms with Crippen molar-refractivity contribution in [2.24, 2.45) is 7.05 Å². The fourth-order valence-corrected chi connectivity index (χ4v) is 3.34. The maximum absolute atomic E-state index is 13.1. The van der Waals surface area contributed by atoms with E-state index in [0.717, 1.165) is 5.56 Å². The maximum Gasteiger partial charge on any atom is 0.329 e. The van der Waals surface area contributed by atoms with Gasteiger partial charge in [-0.2, -0.15) is 0 Å². The first-order valence-corrected chi connectivity index (χ1v) is 8.57. The van der Waals surface area contributed by atoms with Crippen molar-refractivity contribution in [3.05, 3.63) is 68.8 Å². The first-order valence-electron chi connectivity index (χ1n) is 8.57. The number of rotatable bonds is 2. The number of aromatic nitrogens is 4. The van der Waals surface area contributed by atoms with E-state index < -0.39 is 11.2 Å². The van der Waals surface area contributed by atoms with Gasteiger partial charge >= 0.3 is 5.69 Å². The van der Waals surface area contributed by atoms with Crippen molar-refractivity contribution in [3.63, 3.8) is 0 Å². The van der Waals surface area contributed by atoms with Crippen molar-refractivity contribution in [1.82, 2.24) is 29.7 Å². The van der Waals surface area contributed by atoms with Crippen LogP contribution in [-0.2, 0) is 7.05 Å². The Morgan fingerprint density at radius 1 is 1.30 bits per heavy atom. The third-order valence-electron chi connectivity index (χ3n) is 4.77. The Labute approximate surface area is 153 Å². The molecular formula is C18H18N6O3. The molecule has 9 heteroatoms. The molecule has 0 spiro atoms. The highest BCUT2D eigenvalue weighted by molar-refractivity contribution is 5.97. The van der Waals surface area contributed by atoms with Crippen LogP contribution in [0.2, 0.25) is 0 Å². The van der Waals surface area contributed by atoms with Crippen molar-refractivity contribution in [2.45, 2.75) is 6.04 Å². The van der Waals surface area contributed by atoms with E-state index in [1.807, 2.05) is 12.1 Å². The molecule has 138 valence electrons. The molecule has 0 saturated carbocycles. The molecule has 1 amide bonds. The predicted molar refractivity (Wildman–Crippen MR) is 98.5 cm³/mol. The molecule has 0 bridgehead atoms. The number of carbonyl (C=O) groups is 1. The number of amides is 1. The topological polar surface area (TPSA) is 113 Å². The Hall–Kier alpha value is -3.33. The van der Waals surface area contributed by atoms with Gasteiger partial charge in [-0.3, -0.25) is 24.1 Å². The number of fused-ring (bicyclic) bond motifs is 1. The van der Waals surface area contributed by atoms with Crippen molar-refractivity contribution >= 4 is 16.9 Å². The first kappa shape index (κ1) is 17.1. The second-order valence-electron chi connectivity index (χ2n) is 6.42. The van der Waals surface area contributed by atoms with Crippen LogP contribution in [0.1, 0.15) is 22.0 Å². The molecule has 0 aliphatic carbocycles. The molecule has 1 atom stereocenters. The summed E-state index contributed by atoms with van der Waals surface area (Å²) in [5.41, 5.74) is 0.385. The number of H-pyrrole nitrogens is 1. The minimum Gasteiger partial charge on any atom is -0.329 e. The largest absolute Gasteiger partial charge is 0.329 e. The summed E-state index contributed by atoms with van der Waals surface area (Å²) >= 11 is 0. The van der Waals surface area contributed by atoms with Crippen LogP contribution in [0.3, 0.4) is 0 Å². The molecule has 1 unspecified atom stereocenters. The van der Waals surface area contributed by atoms with Crippen molar-refractivity contribution in [2.75, 3.05) is 19.6 Å². The molecule has 4 rings (SSSR count). The lowest BCUT2D eigenvalue weighted by atomic mass is 10.0. The number of nitrogens with one attached hydrogen (secondary N) is 2. The molecule has 2 N–H and O–H groups in total. The number of carbonyl (C=O) groups excluding carboxylic acids is 1. The van der Waals surface area contributed by atoms with Crippen molar-refractivity contribution in [1.29, 1.82) is 0 Å². The number of aromatic amines is 1. The van der Waals surface area contributed by atoms with E-state index >= 15 is 0 Å². The quantitative estimate of drug-likeness (QED) is 0.650. The molecular weight excluding hydrogens is 348 g/mol.